The Morgan fingerprint density at radius 1 is 1.56 bits per heavy atom. The van der Waals surface area contributed by atoms with Crippen LogP contribution < -0.4 is 0 Å². The van der Waals surface area contributed by atoms with Crippen molar-refractivity contribution in [1.29, 1.82) is 0 Å². The maximum Gasteiger partial charge on any atom is 0.146 e. The molecule has 1 aliphatic rings. The van der Waals surface area contributed by atoms with Crippen molar-refractivity contribution in [2.45, 2.75) is 18.4 Å². The molecule has 0 bridgehead atoms. The van der Waals surface area contributed by atoms with Gasteiger partial charge in [0.05, 0.1) is 0 Å². The highest BCUT2D eigenvalue weighted by Gasteiger charge is 2.29. The largest absolute Gasteiger partial charge is 0.300 e. The average molecular weight is 238 g/mol. The van der Waals surface area contributed by atoms with Crippen molar-refractivity contribution >= 4 is 16.8 Å². The van der Waals surface area contributed by atoms with Gasteiger partial charge < -0.3 is 0 Å². The number of ketones is 1. The fourth-order valence-corrected chi connectivity index (χ4v) is 2.99. The highest BCUT2D eigenvalue weighted by molar-refractivity contribution is 7.82. The number of nitrogens with zero attached hydrogens (tertiary/aromatic N) is 2. The number of pyridine rings is 1. The Morgan fingerprint density at radius 2 is 2.38 bits per heavy atom. The van der Waals surface area contributed by atoms with Gasteiger partial charge in [-0.25, -0.2) is 13.5 Å². The van der Waals surface area contributed by atoms with Crippen molar-refractivity contribution in [3.63, 3.8) is 0 Å². The van der Waals surface area contributed by atoms with E-state index in [9.17, 15) is 9.00 Å². The maximum absolute atomic E-state index is 12.1. The Balaban J connectivity index is 2.05. The highest BCUT2D eigenvalue weighted by Crippen LogP contribution is 2.20. The van der Waals surface area contributed by atoms with E-state index >= 15 is 0 Å². The van der Waals surface area contributed by atoms with Gasteiger partial charge in [-0.05, 0) is 25.5 Å². The van der Waals surface area contributed by atoms with E-state index in [4.69, 9.17) is 0 Å². The van der Waals surface area contributed by atoms with E-state index in [-0.39, 0.29) is 11.7 Å². The van der Waals surface area contributed by atoms with Crippen molar-refractivity contribution in [1.82, 2.24) is 9.29 Å². The second-order valence-corrected chi connectivity index (χ2v) is 5.33. The van der Waals surface area contributed by atoms with Crippen molar-refractivity contribution in [3.05, 3.63) is 24.4 Å². The third-order valence-corrected chi connectivity index (χ3v) is 4.18. The van der Waals surface area contributed by atoms with Crippen molar-refractivity contribution in [3.8, 4) is 0 Å². The molecular weight excluding hydrogens is 224 g/mol. The summed E-state index contributed by atoms with van der Waals surface area (Å²) < 4.78 is 13.9. The van der Waals surface area contributed by atoms with Crippen molar-refractivity contribution in [2.24, 2.45) is 5.92 Å². The monoisotopic (exact) mass is 238 g/mol. The molecule has 2 atom stereocenters. The summed E-state index contributed by atoms with van der Waals surface area (Å²) in [6, 6.07) is 5.36. The van der Waals surface area contributed by atoms with Gasteiger partial charge in [-0.15, -0.1) is 0 Å². The molecule has 0 radical (unpaired) electrons. The van der Waals surface area contributed by atoms with Crippen LogP contribution in [0.4, 0.5) is 0 Å². The smallest absolute Gasteiger partial charge is 0.146 e. The Bertz CT molecular complexity index is 408. The molecule has 0 amide bonds. The molecule has 1 fully saturated rings. The predicted octanol–water partition coefficient (Wildman–Crippen LogP) is 1.02. The molecule has 0 aromatic carbocycles. The van der Waals surface area contributed by atoms with Crippen molar-refractivity contribution < 1.29 is 9.00 Å². The molecule has 1 saturated heterocycles. The van der Waals surface area contributed by atoms with Gasteiger partial charge in [0.2, 0.25) is 0 Å². The lowest BCUT2D eigenvalue weighted by molar-refractivity contribution is -0.120. The summed E-state index contributed by atoms with van der Waals surface area (Å²) in [6.07, 6.45) is 2.43. The molecule has 4 nitrogen and oxygen atoms in total. The minimum atomic E-state index is -1.23. The summed E-state index contributed by atoms with van der Waals surface area (Å²) >= 11 is 0. The van der Waals surface area contributed by atoms with Crippen LogP contribution >= 0.6 is 0 Å². The first-order valence-electron chi connectivity index (χ1n) is 5.27. The van der Waals surface area contributed by atoms with E-state index in [2.05, 4.69) is 4.98 Å². The summed E-state index contributed by atoms with van der Waals surface area (Å²) in [7, 11) is -1.23. The number of hydrogen-bond acceptors (Lipinski definition) is 3. The van der Waals surface area contributed by atoms with Crippen LogP contribution in [0.15, 0.2) is 29.4 Å². The zero-order chi connectivity index (χ0) is 11.5. The van der Waals surface area contributed by atoms with E-state index in [1.165, 1.54) is 0 Å². The molecule has 16 heavy (non-hydrogen) atoms. The number of hydrogen-bond donors (Lipinski definition) is 0. The SMILES string of the molecule is CC(=O)C1CCN(S(=O)c2ccccn2)C1. The van der Waals surface area contributed by atoms with E-state index < -0.39 is 11.0 Å². The van der Waals surface area contributed by atoms with Crippen LogP contribution in [0.3, 0.4) is 0 Å². The molecule has 2 heterocycles. The van der Waals surface area contributed by atoms with Crippen LogP contribution in [-0.2, 0) is 15.8 Å². The average Bonchev–Trinajstić information content (AvgIpc) is 2.78. The molecule has 0 saturated carbocycles. The fourth-order valence-electron chi connectivity index (χ4n) is 1.79. The molecule has 1 aliphatic heterocycles. The lowest BCUT2D eigenvalue weighted by Crippen LogP contribution is -2.25. The van der Waals surface area contributed by atoms with Gasteiger partial charge in [-0.3, -0.25) is 4.79 Å². The van der Waals surface area contributed by atoms with Crippen LogP contribution in [0.25, 0.3) is 0 Å². The minimum Gasteiger partial charge on any atom is -0.300 e. The summed E-state index contributed by atoms with van der Waals surface area (Å²) in [5.41, 5.74) is 0. The fraction of sp³-hybridized carbons (Fsp3) is 0.455. The molecule has 5 heteroatoms. The zero-order valence-corrected chi connectivity index (χ0v) is 9.94. The molecule has 2 unspecified atom stereocenters. The number of rotatable bonds is 3. The molecule has 2 rings (SSSR count). The van der Waals surface area contributed by atoms with Gasteiger partial charge in [0, 0.05) is 25.2 Å². The van der Waals surface area contributed by atoms with Crippen LogP contribution in [-0.4, -0.2) is 32.4 Å². The summed E-state index contributed by atoms with van der Waals surface area (Å²) in [5.74, 6) is 0.216. The summed E-state index contributed by atoms with van der Waals surface area (Å²) in [5, 5.41) is 0.562. The summed E-state index contributed by atoms with van der Waals surface area (Å²) in [6.45, 7) is 2.88. The van der Waals surface area contributed by atoms with Gasteiger partial charge in [0.25, 0.3) is 0 Å². The molecule has 0 N–H and O–H groups in total. The van der Waals surface area contributed by atoms with Crippen LogP contribution in [0.2, 0.25) is 0 Å². The van der Waals surface area contributed by atoms with Gasteiger partial charge in [0.15, 0.2) is 0 Å². The minimum absolute atomic E-state index is 0.0349. The van der Waals surface area contributed by atoms with Gasteiger partial charge >= 0.3 is 0 Å². The maximum atomic E-state index is 12.1. The van der Waals surface area contributed by atoms with E-state index in [0.29, 0.717) is 18.1 Å². The molecule has 0 spiro atoms. The quantitative estimate of drug-likeness (QED) is 0.790. The lowest BCUT2D eigenvalue weighted by Gasteiger charge is -2.13. The molecule has 1 aromatic heterocycles. The van der Waals surface area contributed by atoms with Gasteiger partial charge in [-0.2, -0.15) is 0 Å². The first-order valence-corrected chi connectivity index (χ1v) is 6.37. The molecule has 1 aromatic rings. The third kappa shape index (κ3) is 2.36. The normalized spacial score (nSPS) is 23.2. The Labute approximate surface area is 97.3 Å². The molecule has 0 aliphatic carbocycles. The van der Waals surface area contributed by atoms with Crippen molar-refractivity contribution in [2.75, 3.05) is 13.1 Å². The van der Waals surface area contributed by atoms with Crippen LogP contribution in [0.5, 0.6) is 0 Å². The van der Waals surface area contributed by atoms with Gasteiger partial charge in [0.1, 0.15) is 21.8 Å². The Hall–Kier alpha value is -1.07. The Kier molecular flexibility index (Phi) is 3.46. The van der Waals surface area contributed by atoms with Crippen LogP contribution in [0.1, 0.15) is 13.3 Å². The predicted molar refractivity (Wildman–Crippen MR) is 61.0 cm³/mol. The topological polar surface area (TPSA) is 50.3 Å². The van der Waals surface area contributed by atoms with Gasteiger partial charge in [-0.1, -0.05) is 6.07 Å². The molecular formula is C11H14N2O2S. The standard InChI is InChI=1S/C11H14N2O2S/c1-9(14)10-5-7-13(8-10)16(15)11-4-2-3-6-12-11/h2-4,6,10H,5,7-8H2,1H3. The number of Topliss-reactive ketones (excluding diaryl/α,β-unsaturated/α-hetero) is 1. The number of aromatic nitrogens is 1. The van der Waals surface area contributed by atoms with E-state index in [1.807, 2.05) is 10.4 Å². The van der Waals surface area contributed by atoms with E-state index in [1.54, 1.807) is 25.3 Å². The lowest BCUT2D eigenvalue weighted by atomic mass is 10.1. The molecule has 86 valence electrons. The van der Waals surface area contributed by atoms with E-state index in [0.717, 1.165) is 6.42 Å². The van der Waals surface area contributed by atoms with Crippen LogP contribution in [0, 0.1) is 5.92 Å². The first-order chi connectivity index (χ1) is 7.68. The number of carbonyl (C=O) groups excluding carboxylic acids is 1. The highest BCUT2D eigenvalue weighted by atomic mass is 32.2. The first kappa shape index (κ1) is 11.4. The number of carbonyl (C=O) groups is 1. The third-order valence-electron chi connectivity index (χ3n) is 2.78. The Morgan fingerprint density at radius 3 is 2.94 bits per heavy atom. The zero-order valence-electron chi connectivity index (χ0n) is 9.13. The second-order valence-electron chi connectivity index (χ2n) is 3.90. The second kappa shape index (κ2) is 4.84. The summed E-state index contributed by atoms with van der Waals surface area (Å²) in [4.78, 5) is 15.3.